The van der Waals surface area contributed by atoms with Gasteiger partial charge in [0, 0.05) is 24.3 Å². The zero-order valence-corrected chi connectivity index (χ0v) is 11.1. The number of carbonyl (C=O) groups excluding carboxylic acids is 1. The molecule has 1 saturated heterocycles. The van der Waals surface area contributed by atoms with Crippen molar-refractivity contribution in [2.75, 3.05) is 11.9 Å². The van der Waals surface area contributed by atoms with Crippen molar-refractivity contribution in [1.82, 2.24) is 4.90 Å². The lowest BCUT2D eigenvalue weighted by atomic mass is 10.0. The van der Waals surface area contributed by atoms with Crippen molar-refractivity contribution in [1.29, 1.82) is 0 Å². The number of carbonyl (C=O) groups is 1. The minimum atomic E-state index is -0.0461. The van der Waals surface area contributed by atoms with Crippen molar-refractivity contribution in [3.05, 3.63) is 29.8 Å². The topological polar surface area (TPSA) is 58.4 Å². The second-order valence-electron chi connectivity index (χ2n) is 5.40. The van der Waals surface area contributed by atoms with Gasteiger partial charge in [-0.3, -0.25) is 0 Å². The van der Waals surface area contributed by atoms with Crippen molar-refractivity contribution in [2.45, 2.75) is 38.8 Å². The smallest absolute Gasteiger partial charge is 0.322 e. The number of hydrogen-bond acceptors (Lipinski definition) is 2. The van der Waals surface area contributed by atoms with E-state index in [1.165, 1.54) is 0 Å². The first kappa shape index (κ1) is 12.9. The molecule has 4 nitrogen and oxygen atoms in total. The SMILES string of the molecule is CC1(C)CCCN1C(=O)Nc1cccc(CN)c1. The van der Waals surface area contributed by atoms with Gasteiger partial charge in [0.1, 0.15) is 0 Å². The average Bonchev–Trinajstić information content (AvgIpc) is 2.69. The molecule has 98 valence electrons. The van der Waals surface area contributed by atoms with Crippen LogP contribution in [-0.2, 0) is 6.54 Å². The highest BCUT2D eigenvalue weighted by atomic mass is 16.2. The summed E-state index contributed by atoms with van der Waals surface area (Å²) in [6, 6.07) is 7.65. The molecule has 0 atom stereocenters. The summed E-state index contributed by atoms with van der Waals surface area (Å²) in [5.74, 6) is 0. The molecule has 0 aromatic heterocycles. The summed E-state index contributed by atoms with van der Waals surface area (Å²) in [4.78, 5) is 14.1. The summed E-state index contributed by atoms with van der Waals surface area (Å²) in [6.07, 6.45) is 2.13. The largest absolute Gasteiger partial charge is 0.326 e. The van der Waals surface area contributed by atoms with Crippen LogP contribution in [0.15, 0.2) is 24.3 Å². The van der Waals surface area contributed by atoms with Crippen LogP contribution in [0.2, 0.25) is 0 Å². The van der Waals surface area contributed by atoms with E-state index in [2.05, 4.69) is 19.2 Å². The van der Waals surface area contributed by atoms with Crippen molar-refractivity contribution in [2.24, 2.45) is 5.73 Å². The normalized spacial score (nSPS) is 17.8. The van der Waals surface area contributed by atoms with Crippen LogP contribution >= 0.6 is 0 Å². The van der Waals surface area contributed by atoms with Crippen LogP contribution in [0.3, 0.4) is 0 Å². The summed E-state index contributed by atoms with van der Waals surface area (Å²) in [5.41, 5.74) is 7.38. The molecular weight excluding hydrogens is 226 g/mol. The molecule has 1 aromatic carbocycles. The average molecular weight is 247 g/mol. The summed E-state index contributed by atoms with van der Waals surface area (Å²) in [7, 11) is 0. The molecule has 0 spiro atoms. The number of hydrogen-bond donors (Lipinski definition) is 2. The summed E-state index contributed by atoms with van der Waals surface area (Å²) in [5, 5.41) is 2.95. The van der Waals surface area contributed by atoms with Crippen molar-refractivity contribution in [3.8, 4) is 0 Å². The molecule has 2 amide bonds. The van der Waals surface area contributed by atoms with E-state index in [1.807, 2.05) is 29.2 Å². The molecule has 1 aromatic rings. The van der Waals surface area contributed by atoms with Crippen LogP contribution in [0.1, 0.15) is 32.3 Å². The molecule has 1 aliphatic rings. The lowest BCUT2D eigenvalue weighted by Gasteiger charge is -2.31. The van der Waals surface area contributed by atoms with Gasteiger partial charge in [0.05, 0.1) is 0 Å². The zero-order valence-electron chi connectivity index (χ0n) is 11.1. The van der Waals surface area contributed by atoms with Gasteiger partial charge in [0.25, 0.3) is 0 Å². The van der Waals surface area contributed by atoms with E-state index in [0.717, 1.165) is 30.6 Å². The van der Waals surface area contributed by atoms with E-state index in [1.54, 1.807) is 0 Å². The molecule has 0 radical (unpaired) electrons. The Morgan fingerprint density at radius 2 is 2.28 bits per heavy atom. The van der Waals surface area contributed by atoms with E-state index in [-0.39, 0.29) is 11.6 Å². The third-order valence-electron chi connectivity index (χ3n) is 3.56. The Labute approximate surface area is 108 Å². The van der Waals surface area contributed by atoms with Crippen LogP contribution < -0.4 is 11.1 Å². The number of rotatable bonds is 2. The minimum absolute atomic E-state index is 0.0216. The third kappa shape index (κ3) is 2.64. The minimum Gasteiger partial charge on any atom is -0.326 e. The van der Waals surface area contributed by atoms with Crippen molar-refractivity contribution in [3.63, 3.8) is 0 Å². The molecule has 1 aliphatic heterocycles. The summed E-state index contributed by atoms with van der Waals surface area (Å²) in [6.45, 7) is 5.53. The number of nitrogens with two attached hydrogens (primary N) is 1. The number of anilines is 1. The van der Waals surface area contributed by atoms with Crippen LogP contribution in [0.25, 0.3) is 0 Å². The maximum Gasteiger partial charge on any atom is 0.322 e. The maximum atomic E-state index is 12.2. The fraction of sp³-hybridized carbons (Fsp3) is 0.500. The zero-order chi connectivity index (χ0) is 13.2. The molecule has 0 bridgehead atoms. The predicted molar refractivity (Wildman–Crippen MR) is 73.4 cm³/mol. The predicted octanol–water partition coefficient (Wildman–Crippen LogP) is 2.55. The Morgan fingerprint density at radius 3 is 2.89 bits per heavy atom. The molecule has 1 heterocycles. The second-order valence-corrected chi connectivity index (χ2v) is 5.40. The first-order valence-electron chi connectivity index (χ1n) is 6.40. The van der Waals surface area contributed by atoms with Crippen molar-refractivity contribution < 1.29 is 4.79 Å². The van der Waals surface area contributed by atoms with Gasteiger partial charge in [-0.25, -0.2) is 4.79 Å². The molecular formula is C14H21N3O. The third-order valence-corrected chi connectivity index (χ3v) is 3.56. The first-order chi connectivity index (χ1) is 8.53. The van der Waals surface area contributed by atoms with E-state index in [9.17, 15) is 4.79 Å². The van der Waals surface area contributed by atoms with Gasteiger partial charge in [-0.15, -0.1) is 0 Å². The van der Waals surface area contributed by atoms with Crippen molar-refractivity contribution >= 4 is 11.7 Å². The Kier molecular flexibility index (Phi) is 3.57. The lowest BCUT2D eigenvalue weighted by Crippen LogP contribution is -2.44. The lowest BCUT2D eigenvalue weighted by molar-refractivity contribution is 0.178. The van der Waals surface area contributed by atoms with E-state index in [0.29, 0.717) is 6.54 Å². The highest BCUT2D eigenvalue weighted by molar-refractivity contribution is 5.90. The Bertz CT molecular complexity index is 442. The summed E-state index contributed by atoms with van der Waals surface area (Å²) >= 11 is 0. The van der Waals surface area contributed by atoms with Crippen LogP contribution in [0.5, 0.6) is 0 Å². The van der Waals surface area contributed by atoms with E-state index in [4.69, 9.17) is 5.73 Å². The van der Waals surface area contributed by atoms with Gasteiger partial charge >= 0.3 is 6.03 Å². The van der Waals surface area contributed by atoms with Gasteiger partial charge in [-0.05, 0) is 44.4 Å². The first-order valence-corrected chi connectivity index (χ1v) is 6.40. The van der Waals surface area contributed by atoms with Crippen LogP contribution in [-0.4, -0.2) is 23.0 Å². The van der Waals surface area contributed by atoms with Crippen LogP contribution in [0.4, 0.5) is 10.5 Å². The quantitative estimate of drug-likeness (QED) is 0.843. The Balaban J connectivity index is 2.07. The molecule has 0 aliphatic carbocycles. The number of likely N-dealkylation sites (tertiary alicyclic amines) is 1. The fourth-order valence-electron chi connectivity index (χ4n) is 2.45. The fourth-order valence-corrected chi connectivity index (χ4v) is 2.45. The van der Waals surface area contributed by atoms with Gasteiger partial charge in [-0.2, -0.15) is 0 Å². The number of benzene rings is 1. The standard InChI is InChI=1S/C14H21N3O/c1-14(2)7-4-8-17(14)13(18)16-12-6-3-5-11(9-12)10-15/h3,5-6,9H,4,7-8,10,15H2,1-2H3,(H,16,18). The second kappa shape index (κ2) is 4.98. The Hall–Kier alpha value is -1.55. The van der Waals surface area contributed by atoms with Gasteiger partial charge < -0.3 is 16.0 Å². The highest BCUT2D eigenvalue weighted by Crippen LogP contribution is 2.28. The number of nitrogens with one attached hydrogen (secondary N) is 1. The molecule has 4 heteroatoms. The van der Waals surface area contributed by atoms with Crippen LogP contribution in [0, 0.1) is 0 Å². The monoisotopic (exact) mass is 247 g/mol. The molecule has 3 N–H and O–H groups in total. The number of nitrogens with zero attached hydrogens (tertiary/aromatic N) is 1. The summed E-state index contributed by atoms with van der Waals surface area (Å²) < 4.78 is 0. The molecule has 0 unspecified atom stereocenters. The maximum absolute atomic E-state index is 12.2. The Morgan fingerprint density at radius 1 is 1.50 bits per heavy atom. The van der Waals surface area contributed by atoms with E-state index >= 15 is 0 Å². The molecule has 2 rings (SSSR count). The number of amides is 2. The molecule has 18 heavy (non-hydrogen) atoms. The highest BCUT2D eigenvalue weighted by Gasteiger charge is 2.35. The van der Waals surface area contributed by atoms with Gasteiger partial charge in [0.2, 0.25) is 0 Å². The van der Waals surface area contributed by atoms with E-state index < -0.39 is 0 Å². The molecule has 1 fully saturated rings. The van der Waals surface area contributed by atoms with Gasteiger partial charge in [0.15, 0.2) is 0 Å². The number of urea groups is 1. The van der Waals surface area contributed by atoms with Gasteiger partial charge in [-0.1, -0.05) is 12.1 Å². The molecule has 0 saturated carbocycles.